The van der Waals surface area contributed by atoms with Crippen LogP contribution in [0.3, 0.4) is 0 Å². The van der Waals surface area contributed by atoms with Crippen LogP contribution in [0.25, 0.3) is 0 Å². The van der Waals surface area contributed by atoms with Gasteiger partial charge in [0.15, 0.2) is 0 Å². The summed E-state index contributed by atoms with van der Waals surface area (Å²) in [5.41, 5.74) is 1.57. The van der Waals surface area contributed by atoms with Crippen molar-refractivity contribution in [3.05, 3.63) is 46.7 Å². The molecule has 0 saturated heterocycles. The molecule has 0 aliphatic heterocycles. The average molecular weight is 419 g/mol. The highest BCUT2D eigenvalue weighted by Gasteiger charge is 2.42. The zero-order valence-corrected chi connectivity index (χ0v) is 17.6. The first-order valence-electron chi connectivity index (χ1n) is 9.84. The lowest BCUT2D eigenvalue weighted by molar-refractivity contribution is -0.115. The van der Waals surface area contributed by atoms with Crippen LogP contribution in [0.5, 0.6) is 0 Å². The van der Waals surface area contributed by atoms with E-state index in [2.05, 4.69) is 10.0 Å². The van der Waals surface area contributed by atoms with Crippen molar-refractivity contribution in [2.45, 2.75) is 50.0 Å². The molecule has 2 bridgehead atoms. The number of nitrogens with one attached hydrogen (secondary N) is 2. The summed E-state index contributed by atoms with van der Waals surface area (Å²) < 4.78 is 28.4. The van der Waals surface area contributed by atoms with Gasteiger partial charge in [-0.1, -0.05) is 6.42 Å². The Morgan fingerprint density at radius 2 is 1.96 bits per heavy atom. The van der Waals surface area contributed by atoms with Gasteiger partial charge < -0.3 is 5.32 Å². The molecule has 2 aliphatic rings. The zero-order chi connectivity index (χ0) is 19.7. The maximum absolute atomic E-state index is 12.8. The minimum absolute atomic E-state index is 0.0507. The highest BCUT2D eigenvalue weighted by atomic mass is 32.2. The van der Waals surface area contributed by atoms with E-state index in [-0.39, 0.29) is 16.8 Å². The van der Waals surface area contributed by atoms with E-state index in [9.17, 15) is 13.2 Å². The summed E-state index contributed by atoms with van der Waals surface area (Å²) in [4.78, 5) is 12.3. The van der Waals surface area contributed by atoms with Crippen LogP contribution in [0.4, 0.5) is 5.69 Å². The Balaban J connectivity index is 1.36. The normalized spacial score (nSPS) is 25.0. The standard InChI is InChI=1S/C21H26N2O3S2/c1-14(20-11-15-2-3-17(20)10-15)23-28(25,26)19-6-4-18(5-7-19)22-21(24)12-16-8-9-27-13-16/h4-9,13-15,17,20,23H,2-3,10-12H2,1H3,(H,22,24)/t14-,15-,17-,20-/m0/s1. The molecule has 0 unspecified atom stereocenters. The number of amides is 1. The van der Waals surface area contributed by atoms with Crippen molar-refractivity contribution < 1.29 is 13.2 Å². The van der Waals surface area contributed by atoms with Crippen LogP contribution in [-0.2, 0) is 21.2 Å². The number of hydrogen-bond donors (Lipinski definition) is 2. The topological polar surface area (TPSA) is 75.3 Å². The van der Waals surface area contributed by atoms with Gasteiger partial charge in [0.2, 0.25) is 15.9 Å². The van der Waals surface area contributed by atoms with E-state index in [0.29, 0.717) is 23.9 Å². The average Bonchev–Trinajstić information content (AvgIpc) is 3.40. The second-order valence-electron chi connectivity index (χ2n) is 8.13. The van der Waals surface area contributed by atoms with Crippen molar-refractivity contribution in [2.75, 3.05) is 5.32 Å². The zero-order valence-electron chi connectivity index (χ0n) is 15.9. The van der Waals surface area contributed by atoms with Gasteiger partial charge in [0.25, 0.3) is 0 Å². The van der Waals surface area contributed by atoms with Gasteiger partial charge in [0.1, 0.15) is 0 Å². The van der Waals surface area contributed by atoms with E-state index in [0.717, 1.165) is 17.9 Å². The third kappa shape index (κ3) is 4.31. The van der Waals surface area contributed by atoms with Crippen LogP contribution in [-0.4, -0.2) is 20.4 Å². The molecule has 1 aromatic carbocycles. The summed E-state index contributed by atoms with van der Waals surface area (Å²) in [7, 11) is -3.56. The Hall–Kier alpha value is -1.70. The number of thiophene rings is 1. The minimum Gasteiger partial charge on any atom is -0.326 e. The van der Waals surface area contributed by atoms with Gasteiger partial charge in [-0.3, -0.25) is 4.79 Å². The van der Waals surface area contributed by atoms with Crippen molar-refractivity contribution >= 4 is 33.0 Å². The molecule has 2 N–H and O–H groups in total. The van der Waals surface area contributed by atoms with E-state index in [1.54, 1.807) is 35.6 Å². The first-order chi connectivity index (χ1) is 13.4. The first-order valence-corrected chi connectivity index (χ1v) is 12.3. The number of benzene rings is 1. The molecule has 4 atom stereocenters. The van der Waals surface area contributed by atoms with Gasteiger partial charge >= 0.3 is 0 Å². The molecule has 4 rings (SSSR count). The van der Waals surface area contributed by atoms with Crippen LogP contribution in [0, 0.1) is 17.8 Å². The van der Waals surface area contributed by atoms with Crippen LogP contribution in [0.15, 0.2) is 46.0 Å². The first kappa shape index (κ1) is 19.6. The number of hydrogen-bond acceptors (Lipinski definition) is 4. The monoisotopic (exact) mass is 418 g/mol. The van der Waals surface area contributed by atoms with Gasteiger partial charge in [-0.2, -0.15) is 11.3 Å². The molecule has 28 heavy (non-hydrogen) atoms. The smallest absolute Gasteiger partial charge is 0.240 e. The summed E-state index contributed by atoms with van der Waals surface area (Å²) in [6, 6.07) is 8.25. The molecule has 150 valence electrons. The maximum Gasteiger partial charge on any atom is 0.240 e. The van der Waals surface area contributed by atoms with Gasteiger partial charge in [0.05, 0.1) is 11.3 Å². The van der Waals surface area contributed by atoms with E-state index in [1.807, 2.05) is 23.8 Å². The molecular formula is C21H26N2O3S2. The van der Waals surface area contributed by atoms with Gasteiger partial charge in [0, 0.05) is 11.7 Å². The van der Waals surface area contributed by atoms with Gasteiger partial charge in [-0.15, -0.1) is 0 Å². The quantitative estimate of drug-likeness (QED) is 0.713. The third-order valence-corrected chi connectivity index (χ3v) is 8.48. The van der Waals surface area contributed by atoms with Crippen LogP contribution >= 0.6 is 11.3 Å². The summed E-state index contributed by atoms with van der Waals surface area (Å²) in [6.45, 7) is 1.99. The molecule has 1 heterocycles. The second-order valence-corrected chi connectivity index (χ2v) is 10.6. The van der Waals surface area contributed by atoms with Crippen LogP contribution < -0.4 is 10.0 Å². The Kier molecular flexibility index (Phi) is 5.58. The number of fused-ring (bicyclic) bond motifs is 2. The van der Waals surface area contributed by atoms with Gasteiger partial charge in [-0.25, -0.2) is 13.1 Å². The summed E-state index contributed by atoms with van der Waals surface area (Å²) in [5, 5.41) is 6.69. The van der Waals surface area contributed by atoms with Crippen molar-refractivity contribution in [1.82, 2.24) is 4.72 Å². The van der Waals surface area contributed by atoms with E-state index >= 15 is 0 Å². The van der Waals surface area contributed by atoms with Crippen LogP contribution in [0.1, 0.15) is 38.2 Å². The summed E-state index contributed by atoms with van der Waals surface area (Å²) in [5.74, 6) is 1.80. The Labute approximate surface area is 170 Å². The molecular weight excluding hydrogens is 392 g/mol. The predicted molar refractivity (Wildman–Crippen MR) is 112 cm³/mol. The number of carbonyl (C=O) groups is 1. The highest BCUT2D eigenvalue weighted by molar-refractivity contribution is 7.89. The molecule has 0 spiro atoms. The predicted octanol–water partition coefficient (Wildman–Crippen LogP) is 4.03. The SMILES string of the molecule is C[C@H](NS(=O)(=O)c1ccc(NC(=O)Cc2ccsc2)cc1)[C@@H]1C[C@H]2CC[C@H]1C2. The highest BCUT2D eigenvalue weighted by Crippen LogP contribution is 2.49. The number of anilines is 1. The van der Waals surface area contributed by atoms with E-state index in [4.69, 9.17) is 0 Å². The Morgan fingerprint density at radius 3 is 2.57 bits per heavy atom. The fourth-order valence-electron chi connectivity index (χ4n) is 4.81. The maximum atomic E-state index is 12.8. The third-order valence-electron chi connectivity index (χ3n) is 6.17. The molecule has 1 amide bonds. The van der Waals surface area contributed by atoms with Crippen molar-refractivity contribution in [1.29, 1.82) is 0 Å². The van der Waals surface area contributed by atoms with Crippen molar-refractivity contribution in [2.24, 2.45) is 17.8 Å². The fourth-order valence-corrected chi connectivity index (χ4v) is 6.77. The van der Waals surface area contributed by atoms with E-state index in [1.165, 1.54) is 19.3 Å². The van der Waals surface area contributed by atoms with Crippen LogP contribution in [0.2, 0.25) is 0 Å². The molecule has 1 aromatic heterocycles. The van der Waals surface area contributed by atoms with Crippen molar-refractivity contribution in [3.63, 3.8) is 0 Å². The summed E-state index contributed by atoms with van der Waals surface area (Å²) >= 11 is 1.56. The lowest BCUT2D eigenvalue weighted by Crippen LogP contribution is -2.40. The number of sulfonamides is 1. The number of carbonyl (C=O) groups excluding carboxylic acids is 1. The summed E-state index contributed by atoms with van der Waals surface area (Å²) in [6.07, 6.45) is 5.26. The molecule has 2 saturated carbocycles. The van der Waals surface area contributed by atoms with E-state index < -0.39 is 10.0 Å². The molecule has 2 aliphatic carbocycles. The lowest BCUT2D eigenvalue weighted by atomic mass is 9.84. The van der Waals surface area contributed by atoms with Crippen molar-refractivity contribution in [3.8, 4) is 0 Å². The molecule has 2 fully saturated rings. The Morgan fingerprint density at radius 1 is 1.18 bits per heavy atom. The molecule has 0 radical (unpaired) electrons. The molecule has 5 nitrogen and oxygen atoms in total. The lowest BCUT2D eigenvalue weighted by Gasteiger charge is -2.28. The fraction of sp³-hybridized carbons (Fsp3) is 0.476. The Bertz CT molecular complexity index is 923. The second kappa shape index (κ2) is 7.97. The molecule has 2 aromatic rings. The largest absolute Gasteiger partial charge is 0.326 e. The molecule has 7 heteroatoms. The minimum atomic E-state index is -3.56. The van der Waals surface area contributed by atoms with Gasteiger partial charge in [-0.05, 0) is 90.6 Å². The number of rotatable bonds is 7.